The summed E-state index contributed by atoms with van der Waals surface area (Å²) in [5, 5.41) is 11.3. The van der Waals surface area contributed by atoms with E-state index in [0.717, 1.165) is 51.4 Å². The van der Waals surface area contributed by atoms with Crippen molar-refractivity contribution in [2.45, 2.75) is 51.9 Å². The van der Waals surface area contributed by atoms with Gasteiger partial charge in [0.05, 0.1) is 0 Å². The highest BCUT2D eigenvalue weighted by molar-refractivity contribution is 5.66. The maximum Gasteiger partial charge on any atom is 0.303 e. The number of carbonyl (C=O) groups excluding carboxylic acids is 1. The van der Waals surface area contributed by atoms with E-state index in [-0.39, 0.29) is 0 Å². The normalized spacial score (nSPS) is 9.12. The quantitative estimate of drug-likeness (QED) is 0.471. The van der Waals surface area contributed by atoms with E-state index in [9.17, 15) is 9.59 Å². The molecule has 0 fully saturated rings. The van der Waals surface area contributed by atoms with Gasteiger partial charge in [-0.2, -0.15) is 0 Å². The second kappa shape index (κ2) is 16.5. The van der Waals surface area contributed by atoms with Crippen molar-refractivity contribution in [3.8, 4) is 0 Å². The summed E-state index contributed by atoms with van der Waals surface area (Å²) in [6.07, 6.45) is 7.06. The number of hydrogen-bond acceptors (Lipinski definition) is 3. The molecule has 96 valence electrons. The lowest BCUT2D eigenvalue weighted by atomic mass is 10.2. The Labute approximate surface area is 98.4 Å². The average Bonchev–Trinajstić information content (AvgIpc) is 2.26. The van der Waals surface area contributed by atoms with Gasteiger partial charge < -0.3 is 15.2 Å². The van der Waals surface area contributed by atoms with Gasteiger partial charge in [0.25, 0.3) is 0 Å². The van der Waals surface area contributed by atoms with E-state index in [2.05, 4.69) is 12.2 Å². The Hall–Kier alpha value is -0.900. The minimum absolute atomic E-state index is 0.309. The van der Waals surface area contributed by atoms with Crippen LogP contribution in [0.15, 0.2) is 0 Å². The van der Waals surface area contributed by atoms with Crippen molar-refractivity contribution < 1.29 is 14.7 Å². The number of aldehydes is 1. The van der Waals surface area contributed by atoms with Crippen LogP contribution in [0.2, 0.25) is 0 Å². The van der Waals surface area contributed by atoms with Crippen LogP contribution in [0.3, 0.4) is 0 Å². The molecule has 4 heteroatoms. The molecule has 0 saturated carbocycles. The third kappa shape index (κ3) is 23.2. The Bertz CT molecular complexity index is 160. The molecule has 2 N–H and O–H groups in total. The van der Waals surface area contributed by atoms with Gasteiger partial charge in [0, 0.05) is 12.8 Å². The van der Waals surface area contributed by atoms with Gasteiger partial charge in [-0.15, -0.1) is 0 Å². The first kappa shape index (κ1) is 17.5. The molecule has 0 spiro atoms. The molecule has 0 saturated heterocycles. The van der Waals surface area contributed by atoms with E-state index in [1.807, 2.05) is 7.05 Å². The molecule has 0 radical (unpaired) electrons. The molecule has 0 unspecified atom stereocenters. The molecule has 0 aliphatic heterocycles. The van der Waals surface area contributed by atoms with E-state index < -0.39 is 5.97 Å². The van der Waals surface area contributed by atoms with Gasteiger partial charge in [-0.25, -0.2) is 0 Å². The number of unbranched alkanes of at least 4 members (excludes halogenated alkanes) is 4. The second-order valence-electron chi connectivity index (χ2n) is 3.62. The fourth-order valence-electron chi connectivity index (χ4n) is 1.04. The summed E-state index contributed by atoms with van der Waals surface area (Å²) in [5.74, 6) is -0.690. The Morgan fingerprint density at radius 3 is 2.31 bits per heavy atom. The number of aliphatic carboxylic acids is 1. The number of carboxylic acid groups (broad SMARTS) is 1. The van der Waals surface area contributed by atoms with Crippen molar-refractivity contribution in [3.05, 3.63) is 0 Å². The average molecular weight is 231 g/mol. The van der Waals surface area contributed by atoms with Crippen LogP contribution < -0.4 is 5.32 Å². The molecule has 0 aliphatic carbocycles. The van der Waals surface area contributed by atoms with Gasteiger partial charge in [0.15, 0.2) is 0 Å². The SMILES string of the molecule is CCCCC=O.CNCCCCCC(=O)O. The Kier molecular flexibility index (Phi) is 18.1. The zero-order valence-electron chi connectivity index (χ0n) is 10.5. The summed E-state index contributed by atoms with van der Waals surface area (Å²) in [7, 11) is 1.90. The smallest absolute Gasteiger partial charge is 0.303 e. The van der Waals surface area contributed by atoms with Crippen LogP contribution in [0.25, 0.3) is 0 Å². The van der Waals surface area contributed by atoms with Crippen LogP contribution in [-0.4, -0.2) is 31.0 Å². The molecule has 0 atom stereocenters. The third-order valence-electron chi connectivity index (χ3n) is 1.99. The van der Waals surface area contributed by atoms with Crippen LogP contribution in [0.5, 0.6) is 0 Å². The van der Waals surface area contributed by atoms with Crippen molar-refractivity contribution >= 4 is 12.3 Å². The lowest BCUT2D eigenvalue weighted by Gasteiger charge is -1.96. The number of hydrogen-bond donors (Lipinski definition) is 2. The van der Waals surface area contributed by atoms with Crippen molar-refractivity contribution in [1.29, 1.82) is 0 Å². The maximum absolute atomic E-state index is 10.0. The van der Waals surface area contributed by atoms with Gasteiger partial charge in [-0.3, -0.25) is 4.79 Å². The topological polar surface area (TPSA) is 66.4 Å². The zero-order valence-corrected chi connectivity index (χ0v) is 10.5. The summed E-state index contributed by atoms with van der Waals surface area (Å²) in [4.78, 5) is 19.6. The van der Waals surface area contributed by atoms with Gasteiger partial charge in [-0.1, -0.05) is 19.8 Å². The molecule has 0 bridgehead atoms. The van der Waals surface area contributed by atoms with E-state index in [0.29, 0.717) is 6.42 Å². The van der Waals surface area contributed by atoms with Crippen LogP contribution in [0.4, 0.5) is 0 Å². The van der Waals surface area contributed by atoms with Gasteiger partial charge >= 0.3 is 5.97 Å². The van der Waals surface area contributed by atoms with E-state index in [1.54, 1.807) is 0 Å². The predicted octanol–water partition coefficient (Wildman–Crippen LogP) is 2.23. The van der Waals surface area contributed by atoms with E-state index in [1.165, 1.54) is 0 Å². The minimum atomic E-state index is -0.690. The monoisotopic (exact) mass is 231 g/mol. The molecule has 4 nitrogen and oxygen atoms in total. The predicted molar refractivity (Wildman–Crippen MR) is 65.6 cm³/mol. The highest BCUT2D eigenvalue weighted by Gasteiger charge is 1.94. The Morgan fingerprint density at radius 1 is 1.25 bits per heavy atom. The minimum Gasteiger partial charge on any atom is -0.481 e. The van der Waals surface area contributed by atoms with E-state index in [4.69, 9.17) is 5.11 Å². The highest BCUT2D eigenvalue weighted by Crippen LogP contribution is 1.97. The molecule has 0 aromatic carbocycles. The third-order valence-corrected chi connectivity index (χ3v) is 1.99. The van der Waals surface area contributed by atoms with Gasteiger partial charge in [-0.05, 0) is 32.9 Å². The van der Waals surface area contributed by atoms with Gasteiger partial charge in [0.1, 0.15) is 6.29 Å². The molecular formula is C12H25NO3. The maximum atomic E-state index is 10.0. The van der Waals surface area contributed by atoms with Crippen molar-refractivity contribution in [1.82, 2.24) is 5.32 Å². The fourth-order valence-corrected chi connectivity index (χ4v) is 1.04. The van der Waals surface area contributed by atoms with E-state index >= 15 is 0 Å². The first-order chi connectivity index (χ1) is 7.68. The fraction of sp³-hybridized carbons (Fsp3) is 0.833. The number of nitrogens with one attached hydrogen (secondary N) is 1. The molecule has 0 aromatic heterocycles. The van der Waals surface area contributed by atoms with Crippen molar-refractivity contribution in [2.24, 2.45) is 0 Å². The van der Waals surface area contributed by atoms with Crippen molar-refractivity contribution in [2.75, 3.05) is 13.6 Å². The molecule has 0 heterocycles. The van der Waals surface area contributed by atoms with Gasteiger partial charge in [0.2, 0.25) is 0 Å². The summed E-state index contributed by atoms with van der Waals surface area (Å²) in [6, 6.07) is 0. The molecule has 0 aromatic rings. The Balaban J connectivity index is 0. The van der Waals surface area contributed by atoms with Crippen LogP contribution in [-0.2, 0) is 9.59 Å². The summed E-state index contributed by atoms with van der Waals surface area (Å²) < 4.78 is 0. The Morgan fingerprint density at radius 2 is 1.94 bits per heavy atom. The number of rotatable bonds is 9. The van der Waals surface area contributed by atoms with Crippen LogP contribution in [0, 0.1) is 0 Å². The molecule has 0 aliphatic rings. The highest BCUT2D eigenvalue weighted by atomic mass is 16.4. The molecule has 0 rings (SSSR count). The number of carboxylic acids is 1. The first-order valence-corrected chi connectivity index (χ1v) is 5.99. The van der Waals surface area contributed by atoms with Crippen LogP contribution >= 0.6 is 0 Å². The van der Waals surface area contributed by atoms with Crippen LogP contribution in [0.1, 0.15) is 51.9 Å². The molecular weight excluding hydrogens is 206 g/mol. The summed E-state index contributed by atoms with van der Waals surface area (Å²) in [6.45, 7) is 3.06. The van der Waals surface area contributed by atoms with Crippen molar-refractivity contribution in [3.63, 3.8) is 0 Å². The molecule has 16 heavy (non-hydrogen) atoms. The largest absolute Gasteiger partial charge is 0.481 e. The lowest BCUT2D eigenvalue weighted by molar-refractivity contribution is -0.137. The summed E-state index contributed by atoms with van der Waals surface area (Å²) >= 11 is 0. The summed E-state index contributed by atoms with van der Waals surface area (Å²) in [5.41, 5.74) is 0. The lowest BCUT2D eigenvalue weighted by Crippen LogP contribution is -2.07. The second-order valence-corrected chi connectivity index (χ2v) is 3.62. The standard InChI is InChI=1S/C7H15NO2.C5H10O/c1-8-6-4-2-3-5-7(9)10;1-2-3-4-5-6/h8H,2-6H2,1H3,(H,9,10);5H,2-4H2,1H3. The first-order valence-electron chi connectivity index (χ1n) is 5.99. The molecule has 0 amide bonds. The zero-order chi connectivity index (χ0) is 12.6. The number of carbonyl (C=O) groups is 2.